The molecule has 1 amide bonds. The zero-order valence-electron chi connectivity index (χ0n) is 11.3. The highest BCUT2D eigenvalue weighted by Gasteiger charge is 2.30. The average molecular weight is 338 g/mol. The first-order valence-corrected chi connectivity index (χ1v) is 7.25. The summed E-state index contributed by atoms with van der Waals surface area (Å²) in [6.07, 6.45) is 1.95. The van der Waals surface area contributed by atoms with Crippen LogP contribution in [0, 0.1) is 5.92 Å². The Morgan fingerprint density at radius 2 is 2.15 bits per heavy atom. The molecule has 1 aromatic rings. The molecule has 2 N–H and O–H groups in total. The third-order valence-corrected chi connectivity index (χ3v) is 4.51. The Bertz CT molecular complexity index is 481. The lowest BCUT2D eigenvalue weighted by atomic mass is 9.92. The number of nitrogens with zero attached hydrogens (tertiary/aromatic N) is 1. The van der Waals surface area contributed by atoms with Gasteiger partial charge in [-0.15, -0.1) is 12.4 Å². The standard InChI is InChI=1S/C14H18Cl2N2O.ClH/c1-9-5-6-18(10(7-9)8-17)14(19)11-3-2-4-12(15)13(11)16;/h2-4,9-10H,5-8,17H2,1H3;1H. The van der Waals surface area contributed by atoms with E-state index in [1.807, 2.05) is 4.90 Å². The van der Waals surface area contributed by atoms with Crippen LogP contribution in [0.25, 0.3) is 0 Å². The number of carbonyl (C=O) groups is 1. The number of hydrogen-bond acceptors (Lipinski definition) is 2. The van der Waals surface area contributed by atoms with E-state index in [1.54, 1.807) is 18.2 Å². The minimum Gasteiger partial charge on any atom is -0.334 e. The highest BCUT2D eigenvalue weighted by Crippen LogP contribution is 2.29. The SMILES string of the molecule is CC1CCN(C(=O)c2cccc(Cl)c2Cl)C(CN)C1.Cl. The molecule has 0 bridgehead atoms. The lowest BCUT2D eigenvalue weighted by Gasteiger charge is -2.38. The van der Waals surface area contributed by atoms with Crippen molar-refractivity contribution in [2.75, 3.05) is 13.1 Å². The van der Waals surface area contributed by atoms with Gasteiger partial charge in [-0.25, -0.2) is 0 Å². The Hall–Kier alpha value is -0.480. The van der Waals surface area contributed by atoms with Gasteiger partial charge in [0.2, 0.25) is 0 Å². The van der Waals surface area contributed by atoms with Crippen molar-refractivity contribution in [2.45, 2.75) is 25.8 Å². The Morgan fingerprint density at radius 3 is 2.80 bits per heavy atom. The number of likely N-dealkylation sites (tertiary alicyclic amines) is 1. The Morgan fingerprint density at radius 1 is 1.45 bits per heavy atom. The van der Waals surface area contributed by atoms with E-state index in [4.69, 9.17) is 28.9 Å². The molecular weight excluding hydrogens is 319 g/mol. The first-order chi connectivity index (χ1) is 9.04. The van der Waals surface area contributed by atoms with Crippen LogP contribution in [0.2, 0.25) is 10.0 Å². The molecule has 2 unspecified atom stereocenters. The molecule has 0 saturated carbocycles. The van der Waals surface area contributed by atoms with Gasteiger partial charge in [-0.1, -0.05) is 36.2 Å². The molecule has 0 spiro atoms. The predicted octanol–water partition coefficient (Wildman–Crippen LogP) is 3.61. The van der Waals surface area contributed by atoms with Gasteiger partial charge in [-0.2, -0.15) is 0 Å². The summed E-state index contributed by atoms with van der Waals surface area (Å²) in [6.45, 7) is 3.40. The maximum Gasteiger partial charge on any atom is 0.255 e. The van der Waals surface area contributed by atoms with Crippen LogP contribution in [0.1, 0.15) is 30.1 Å². The zero-order chi connectivity index (χ0) is 14.0. The van der Waals surface area contributed by atoms with Gasteiger partial charge in [0.1, 0.15) is 0 Å². The van der Waals surface area contributed by atoms with Crippen LogP contribution >= 0.6 is 35.6 Å². The molecule has 1 saturated heterocycles. The van der Waals surface area contributed by atoms with E-state index in [0.29, 0.717) is 28.1 Å². The Labute approximate surface area is 135 Å². The van der Waals surface area contributed by atoms with E-state index < -0.39 is 0 Å². The molecule has 20 heavy (non-hydrogen) atoms. The molecule has 0 radical (unpaired) electrons. The summed E-state index contributed by atoms with van der Waals surface area (Å²) in [4.78, 5) is 14.4. The Balaban J connectivity index is 0.00000200. The van der Waals surface area contributed by atoms with Crippen molar-refractivity contribution in [2.24, 2.45) is 11.7 Å². The maximum absolute atomic E-state index is 12.6. The van der Waals surface area contributed by atoms with Crippen LogP contribution in [-0.2, 0) is 0 Å². The highest BCUT2D eigenvalue weighted by atomic mass is 35.5. The fourth-order valence-corrected chi connectivity index (χ4v) is 2.95. The molecule has 3 nitrogen and oxygen atoms in total. The van der Waals surface area contributed by atoms with Gasteiger partial charge in [0.25, 0.3) is 5.91 Å². The molecule has 1 aliphatic rings. The Kier molecular flexibility index (Phi) is 6.59. The van der Waals surface area contributed by atoms with Crippen LogP contribution in [0.15, 0.2) is 18.2 Å². The summed E-state index contributed by atoms with van der Waals surface area (Å²) in [5.74, 6) is 0.530. The van der Waals surface area contributed by atoms with E-state index in [0.717, 1.165) is 19.4 Å². The smallest absolute Gasteiger partial charge is 0.255 e. The molecule has 0 aliphatic carbocycles. The first-order valence-electron chi connectivity index (χ1n) is 6.49. The molecule has 2 atom stereocenters. The number of benzene rings is 1. The van der Waals surface area contributed by atoms with E-state index in [-0.39, 0.29) is 24.4 Å². The summed E-state index contributed by atoms with van der Waals surface area (Å²) in [6, 6.07) is 5.22. The van der Waals surface area contributed by atoms with Crippen LogP contribution < -0.4 is 5.73 Å². The fourth-order valence-electron chi connectivity index (χ4n) is 2.57. The van der Waals surface area contributed by atoms with Gasteiger partial charge in [0.05, 0.1) is 15.6 Å². The quantitative estimate of drug-likeness (QED) is 0.896. The molecule has 1 fully saturated rings. The van der Waals surface area contributed by atoms with Gasteiger partial charge < -0.3 is 10.6 Å². The van der Waals surface area contributed by atoms with Crippen LogP contribution in [0.4, 0.5) is 0 Å². The van der Waals surface area contributed by atoms with Crippen molar-refractivity contribution >= 4 is 41.5 Å². The van der Waals surface area contributed by atoms with Crippen molar-refractivity contribution in [1.29, 1.82) is 0 Å². The van der Waals surface area contributed by atoms with Crippen molar-refractivity contribution < 1.29 is 4.79 Å². The molecule has 0 aromatic heterocycles. The second kappa shape index (κ2) is 7.51. The van der Waals surface area contributed by atoms with Crippen molar-refractivity contribution in [3.63, 3.8) is 0 Å². The van der Waals surface area contributed by atoms with Crippen molar-refractivity contribution in [3.05, 3.63) is 33.8 Å². The maximum atomic E-state index is 12.6. The minimum absolute atomic E-state index is 0. The molecule has 1 heterocycles. The molecule has 1 aromatic carbocycles. The summed E-state index contributed by atoms with van der Waals surface area (Å²) >= 11 is 12.1. The predicted molar refractivity (Wildman–Crippen MR) is 86.0 cm³/mol. The van der Waals surface area contributed by atoms with Gasteiger partial charge in [-0.3, -0.25) is 4.79 Å². The normalized spacial score (nSPS) is 22.3. The van der Waals surface area contributed by atoms with Gasteiger partial charge in [-0.05, 0) is 30.9 Å². The molecule has 1 aliphatic heterocycles. The largest absolute Gasteiger partial charge is 0.334 e. The van der Waals surface area contributed by atoms with Crippen LogP contribution in [0.5, 0.6) is 0 Å². The van der Waals surface area contributed by atoms with Gasteiger partial charge >= 0.3 is 0 Å². The molecule has 112 valence electrons. The summed E-state index contributed by atoms with van der Waals surface area (Å²) < 4.78 is 0. The number of hydrogen-bond donors (Lipinski definition) is 1. The van der Waals surface area contributed by atoms with Gasteiger partial charge in [0, 0.05) is 19.1 Å². The van der Waals surface area contributed by atoms with Crippen LogP contribution in [-0.4, -0.2) is 29.9 Å². The number of nitrogens with two attached hydrogens (primary N) is 1. The average Bonchev–Trinajstić information content (AvgIpc) is 2.41. The lowest BCUT2D eigenvalue weighted by molar-refractivity contribution is 0.0574. The molecule has 6 heteroatoms. The zero-order valence-corrected chi connectivity index (χ0v) is 13.6. The van der Waals surface area contributed by atoms with Crippen molar-refractivity contribution in [3.8, 4) is 0 Å². The monoisotopic (exact) mass is 336 g/mol. The van der Waals surface area contributed by atoms with Crippen molar-refractivity contribution in [1.82, 2.24) is 4.90 Å². The number of rotatable bonds is 2. The van der Waals surface area contributed by atoms with Gasteiger partial charge in [0.15, 0.2) is 0 Å². The summed E-state index contributed by atoms with van der Waals surface area (Å²) in [7, 11) is 0. The third kappa shape index (κ3) is 3.59. The second-order valence-corrected chi connectivity index (χ2v) is 5.90. The number of amides is 1. The topological polar surface area (TPSA) is 46.3 Å². The number of halogens is 3. The van der Waals surface area contributed by atoms with E-state index in [2.05, 4.69) is 6.92 Å². The second-order valence-electron chi connectivity index (χ2n) is 5.12. The number of piperidine rings is 1. The highest BCUT2D eigenvalue weighted by molar-refractivity contribution is 6.43. The molecule has 2 rings (SSSR count). The summed E-state index contributed by atoms with van der Waals surface area (Å²) in [5.41, 5.74) is 6.25. The minimum atomic E-state index is -0.0742. The first kappa shape index (κ1) is 17.6. The lowest BCUT2D eigenvalue weighted by Crippen LogP contribution is -2.49. The molecular formula is C14H19Cl3N2O. The summed E-state index contributed by atoms with van der Waals surface area (Å²) in [5, 5.41) is 0.728. The van der Waals surface area contributed by atoms with E-state index in [9.17, 15) is 4.79 Å². The fraction of sp³-hybridized carbons (Fsp3) is 0.500. The number of carbonyl (C=O) groups excluding carboxylic acids is 1. The van der Waals surface area contributed by atoms with E-state index in [1.165, 1.54) is 0 Å². The third-order valence-electron chi connectivity index (χ3n) is 3.69. The van der Waals surface area contributed by atoms with E-state index >= 15 is 0 Å². The van der Waals surface area contributed by atoms with Crippen LogP contribution in [0.3, 0.4) is 0 Å².